The molecule has 0 aliphatic carbocycles. The van der Waals surface area contributed by atoms with Gasteiger partial charge in [-0.1, -0.05) is 0 Å². The molecule has 0 fully saturated rings. The number of hydrogen-bond acceptors (Lipinski definition) is 2. The van der Waals surface area contributed by atoms with Crippen LogP contribution in [0.2, 0.25) is 14.8 Å². The van der Waals surface area contributed by atoms with Crippen LogP contribution in [-0.2, 0) is 5.60 Å². The van der Waals surface area contributed by atoms with Gasteiger partial charge in [0.15, 0.2) is 0 Å². The van der Waals surface area contributed by atoms with Crippen molar-refractivity contribution in [1.82, 2.24) is 4.98 Å². The molecule has 1 rings (SSSR count). The Hall–Kier alpha value is -0.0913. The molecule has 78 valence electrons. The summed E-state index contributed by atoms with van der Waals surface area (Å²) in [6.45, 7) is 3.52. The minimum atomic E-state index is -1.96. The Labute approximate surface area is 90.3 Å². The van der Waals surface area contributed by atoms with Crippen LogP contribution in [-0.4, -0.2) is 28.5 Å². The van der Waals surface area contributed by atoms with E-state index in [1.807, 2.05) is 12.3 Å². The molecule has 0 aliphatic rings. The number of nitrogens with zero attached hydrogens (tertiary/aromatic N) is 1. The van der Waals surface area contributed by atoms with Crippen molar-refractivity contribution in [3.05, 3.63) is 24.0 Å². The van der Waals surface area contributed by atoms with Crippen LogP contribution in [0.15, 0.2) is 18.3 Å². The summed E-state index contributed by atoms with van der Waals surface area (Å²) in [5.41, 5.74) is -0.0804. The Morgan fingerprint density at radius 1 is 1.21 bits per heavy atom. The van der Waals surface area contributed by atoms with E-state index in [-0.39, 0.29) is 0 Å². The summed E-state index contributed by atoms with van der Waals surface area (Å²) >= 11 is -1.96. The average Bonchev–Trinajstić information content (AvgIpc) is 2.01. The molecular weight excluding hydrogens is 281 g/mol. The first-order chi connectivity index (χ1) is 6.21. The molecule has 0 bridgehead atoms. The van der Waals surface area contributed by atoms with E-state index in [4.69, 9.17) is 0 Å². The van der Waals surface area contributed by atoms with Gasteiger partial charge in [-0.3, -0.25) is 0 Å². The third kappa shape index (κ3) is 2.95. The van der Waals surface area contributed by atoms with Gasteiger partial charge in [-0.2, -0.15) is 0 Å². The first kappa shape index (κ1) is 12.0. The van der Waals surface area contributed by atoms with Crippen molar-refractivity contribution in [3.63, 3.8) is 0 Å². The molecule has 1 aromatic rings. The van der Waals surface area contributed by atoms with Gasteiger partial charge in [0.1, 0.15) is 0 Å². The van der Waals surface area contributed by atoms with Crippen molar-refractivity contribution < 1.29 is 5.11 Å². The van der Waals surface area contributed by atoms with E-state index in [1.54, 1.807) is 13.8 Å². The van der Waals surface area contributed by atoms with E-state index >= 15 is 0 Å². The maximum absolute atomic E-state index is 9.74. The van der Waals surface area contributed by atoms with Gasteiger partial charge < -0.3 is 0 Å². The molecule has 0 aromatic carbocycles. The fourth-order valence-corrected chi connectivity index (χ4v) is 4.15. The van der Waals surface area contributed by atoms with Gasteiger partial charge in [-0.05, 0) is 0 Å². The van der Waals surface area contributed by atoms with E-state index in [9.17, 15) is 5.11 Å². The first-order valence-corrected chi connectivity index (χ1v) is 14.9. The second-order valence-corrected chi connectivity index (χ2v) is 19.7. The third-order valence-corrected chi connectivity index (χ3v) is 8.04. The average molecular weight is 300 g/mol. The van der Waals surface area contributed by atoms with E-state index < -0.39 is 24.0 Å². The Balaban J connectivity index is 3.02. The molecule has 1 aromatic heterocycles. The van der Waals surface area contributed by atoms with Crippen LogP contribution in [0.4, 0.5) is 0 Å². The zero-order valence-electron chi connectivity index (χ0n) is 9.63. The Morgan fingerprint density at radius 2 is 1.79 bits per heavy atom. The van der Waals surface area contributed by atoms with E-state index in [2.05, 4.69) is 25.9 Å². The van der Waals surface area contributed by atoms with E-state index in [0.717, 1.165) is 5.69 Å². The zero-order chi connectivity index (χ0) is 11.0. The molecule has 3 heteroatoms. The van der Waals surface area contributed by atoms with Crippen LogP contribution in [0, 0.1) is 0 Å². The van der Waals surface area contributed by atoms with Crippen molar-refractivity contribution in [2.75, 3.05) is 0 Å². The summed E-state index contributed by atoms with van der Waals surface area (Å²) in [7, 11) is 0. The summed E-state index contributed by atoms with van der Waals surface area (Å²) < 4.78 is 1.40. The van der Waals surface area contributed by atoms with Gasteiger partial charge >= 0.3 is 90.3 Å². The molecule has 0 saturated carbocycles. The molecule has 0 amide bonds. The van der Waals surface area contributed by atoms with E-state index in [0.29, 0.717) is 0 Å². The summed E-state index contributed by atoms with van der Waals surface area (Å²) in [5, 5.41) is 9.74. The van der Waals surface area contributed by atoms with Crippen molar-refractivity contribution >= 4 is 22.0 Å². The van der Waals surface area contributed by atoms with Gasteiger partial charge in [0.25, 0.3) is 0 Å². The zero-order valence-corrected chi connectivity index (χ0v) is 12.5. The molecule has 1 N–H and O–H groups in total. The number of hydrogen-bond donors (Lipinski definition) is 1. The standard InChI is InChI=1S/C8H10NO.3CH3.Sn/c1-8(2,10)7-5-3-4-6-9-7;;;;/h3,5-6,10H,1-2H3;3*1H3;. The molecule has 0 spiro atoms. The second-order valence-electron chi connectivity index (χ2n) is 5.24. The molecule has 0 aliphatic heterocycles. The predicted molar refractivity (Wildman–Crippen MR) is 62.5 cm³/mol. The van der Waals surface area contributed by atoms with Crippen molar-refractivity contribution in [2.24, 2.45) is 0 Å². The molecule has 0 atom stereocenters. The fourth-order valence-electron chi connectivity index (χ4n) is 1.20. The Kier molecular flexibility index (Phi) is 3.26. The molecule has 2 nitrogen and oxygen atoms in total. The molecule has 14 heavy (non-hydrogen) atoms. The first-order valence-electron chi connectivity index (χ1n) is 4.90. The number of rotatable bonds is 2. The molecular formula is C11H19NOSn. The van der Waals surface area contributed by atoms with Crippen LogP contribution in [0.1, 0.15) is 19.5 Å². The molecule has 0 radical (unpaired) electrons. The SMILES string of the molecule is CC(C)(O)c1cc[c]([Sn]([CH3])([CH3])[CH3])cn1. The number of pyridine rings is 1. The van der Waals surface area contributed by atoms with Crippen molar-refractivity contribution in [3.8, 4) is 0 Å². The van der Waals surface area contributed by atoms with Gasteiger partial charge in [0, 0.05) is 0 Å². The quantitative estimate of drug-likeness (QED) is 0.846. The van der Waals surface area contributed by atoms with E-state index in [1.165, 1.54) is 3.58 Å². The topological polar surface area (TPSA) is 33.1 Å². The molecule has 0 saturated heterocycles. The summed E-state index contributed by atoms with van der Waals surface area (Å²) in [4.78, 5) is 11.4. The van der Waals surface area contributed by atoms with Crippen LogP contribution >= 0.6 is 0 Å². The summed E-state index contributed by atoms with van der Waals surface area (Å²) in [6.07, 6.45) is 1.93. The van der Waals surface area contributed by atoms with Crippen LogP contribution in [0.25, 0.3) is 0 Å². The number of aliphatic hydroxyl groups is 1. The van der Waals surface area contributed by atoms with Gasteiger partial charge in [-0.25, -0.2) is 0 Å². The fraction of sp³-hybridized carbons (Fsp3) is 0.545. The summed E-state index contributed by atoms with van der Waals surface area (Å²) in [6, 6.07) is 4.06. The van der Waals surface area contributed by atoms with Crippen LogP contribution < -0.4 is 3.58 Å². The molecule has 0 unspecified atom stereocenters. The Bertz CT molecular complexity index is 273. The van der Waals surface area contributed by atoms with Gasteiger partial charge in [0.05, 0.1) is 0 Å². The van der Waals surface area contributed by atoms with Crippen LogP contribution in [0.3, 0.4) is 0 Å². The van der Waals surface area contributed by atoms with Crippen molar-refractivity contribution in [2.45, 2.75) is 34.3 Å². The van der Waals surface area contributed by atoms with Crippen LogP contribution in [0.5, 0.6) is 0 Å². The second kappa shape index (κ2) is 3.81. The number of aromatic nitrogens is 1. The normalized spacial score (nSPS) is 13.0. The predicted octanol–water partition coefficient (Wildman–Crippen LogP) is 1.85. The monoisotopic (exact) mass is 301 g/mol. The summed E-state index contributed by atoms with van der Waals surface area (Å²) in [5.74, 6) is 0. The van der Waals surface area contributed by atoms with Gasteiger partial charge in [0.2, 0.25) is 0 Å². The Morgan fingerprint density at radius 3 is 2.07 bits per heavy atom. The maximum atomic E-state index is 9.74. The minimum absolute atomic E-state index is 0.747. The van der Waals surface area contributed by atoms with Gasteiger partial charge in [-0.15, -0.1) is 0 Å². The third-order valence-electron chi connectivity index (χ3n) is 2.26. The molecule has 1 heterocycles. The van der Waals surface area contributed by atoms with Crippen molar-refractivity contribution in [1.29, 1.82) is 0 Å².